The van der Waals surface area contributed by atoms with Gasteiger partial charge in [-0.05, 0) is 6.92 Å². The molecule has 5 heteroatoms. The van der Waals surface area contributed by atoms with E-state index in [0.717, 1.165) is 0 Å². The summed E-state index contributed by atoms with van der Waals surface area (Å²) in [6, 6.07) is 0. The molecule has 0 fully saturated rings. The van der Waals surface area contributed by atoms with Crippen molar-refractivity contribution in [1.82, 2.24) is 0 Å². The van der Waals surface area contributed by atoms with Crippen LogP contribution in [0.3, 0.4) is 0 Å². The van der Waals surface area contributed by atoms with Crippen LogP contribution in [0.2, 0.25) is 0 Å². The van der Waals surface area contributed by atoms with E-state index in [9.17, 15) is 14.4 Å². The van der Waals surface area contributed by atoms with Crippen molar-refractivity contribution in [2.45, 2.75) is 20.8 Å². The third kappa shape index (κ3) is 6.16. The van der Waals surface area contributed by atoms with Crippen LogP contribution in [0, 0.1) is 5.92 Å². The number of carbonyl (C=O) groups is 3. The number of hydrogen-bond acceptors (Lipinski definition) is 5. The molecule has 0 bridgehead atoms. The molecule has 0 N–H and O–H groups in total. The Morgan fingerprint density at radius 2 is 1.29 bits per heavy atom. The van der Waals surface area contributed by atoms with E-state index >= 15 is 0 Å². The number of carbonyl (C=O) groups excluding carboxylic acids is 3. The topological polar surface area (TPSA) is 69.7 Å². The Kier molecular flexibility index (Phi) is 5.52. The maximum Gasteiger partial charge on any atom is 0.302 e. The van der Waals surface area contributed by atoms with Crippen LogP contribution in [-0.4, -0.2) is 30.9 Å². The normalized spacial score (nSPS) is 9.71. The average molecular weight is 202 g/mol. The van der Waals surface area contributed by atoms with Gasteiger partial charge in [-0.25, -0.2) is 0 Å². The number of Topliss-reactive ketones (excluding diaryl/α,β-unsaturated/α-hetero) is 1. The lowest BCUT2D eigenvalue weighted by Crippen LogP contribution is -2.25. The Bertz CT molecular complexity index is 215. The van der Waals surface area contributed by atoms with Gasteiger partial charge in [0.25, 0.3) is 0 Å². The Morgan fingerprint density at radius 1 is 0.929 bits per heavy atom. The van der Waals surface area contributed by atoms with E-state index < -0.39 is 17.9 Å². The van der Waals surface area contributed by atoms with E-state index in [1.807, 2.05) is 0 Å². The summed E-state index contributed by atoms with van der Waals surface area (Å²) in [7, 11) is 0. The predicted octanol–water partition coefficient (Wildman–Crippen LogP) is 0.318. The summed E-state index contributed by atoms with van der Waals surface area (Å²) < 4.78 is 9.29. The summed E-state index contributed by atoms with van der Waals surface area (Å²) in [5, 5.41) is 0. The first-order valence-electron chi connectivity index (χ1n) is 4.20. The minimum absolute atomic E-state index is 0.0437. The molecule has 0 aliphatic heterocycles. The molecule has 0 aromatic heterocycles. The van der Waals surface area contributed by atoms with Gasteiger partial charge in [-0.2, -0.15) is 0 Å². The van der Waals surface area contributed by atoms with Crippen LogP contribution < -0.4 is 0 Å². The highest BCUT2D eigenvalue weighted by Crippen LogP contribution is 2.01. The van der Waals surface area contributed by atoms with Gasteiger partial charge >= 0.3 is 11.9 Å². The summed E-state index contributed by atoms with van der Waals surface area (Å²) in [6.45, 7) is 3.78. The molecule has 80 valence electrons. The largest absolute Gasteiger partial charge is 0.465 e. The molecule has 0 heterocycles. The van der Waals surface area contributed by atoms with Crippen molar-refractivity contribution in [3.63, 3.8) is 0 Å². The van der Waals surface area contributed by atoms with Crippen molar-refractivity contribution in [3.05, 3.63) is 0 Å². The van der Waals surface area contributed by atoms with Gasteiger partial charge in [0.15, 0.2) is 0 Å². The number of hydrogen-bond donors (Lipinski definition) is 0. The smallest absolute Gasteiger partial charge is 0.302 e. The molecular weight excluding hydrogens is 188 g/mol. The van der Waals surface area contributed by atoms with Gasteiger partial charge in [0.05, 0.1) is 5.92 Å². The molecule has 0 amide bonds. The molecule has 5 nitrogen and oxygen atoms in total. The predicted molar refractivity (Wildman–Crippen MR) is 47.4 cm³/mol. The van der Waals surface area contributed by atoms with Crippen LogP contribution in [0.25, 0.3) is 0 Å². The van der Waals surface area contributed by atoms with Crippen molar-refractivity contribution in [2.24, 2.45) is 5.92 Å². The first-order valence-corrected chi connectivity index (χ1v) is 4.20. The van der Waals surface area contributed by atoms with Gasteiger partial charge in [-0.15, -0.1) is 0 Å². The molecule has 0 unspecified atom stereocenters. The Morgan fingerprint density at radius 3 is 1.50 bits per heavy atom. The molecule has 0 atom stereocenters. The van der Waals surface area contributed by atoms with Gasteiger partial charge in [0.1, 0.15) is 19.0 Å². The molecule has 0 aliphatic rings. The minimum atomic E-state index is -0.567. The highest BCUT2D eigenvalue weighted by Gasteiger charge is 2.17. The van der Waals surface area contributed by atoms with E-state index in [1.54, 1.807) is 0 Å². The summed E-state index contributed by atoms with van der Waals surface area (Å²) in [6.07, 6.45) is 0. The van der Waals surface area contributed by atoms with Crippen LogP contribution >= 0.6 is 0 Å². The molecule has 0 saturated carbocycles. The van der Waals surface area contributed by atoms with Gasteiger partial charge in [0.2, 0.25) is 0 Å². The van der Waals surface area contributed by atoms with Crippen LogP contribution in [0.4, 0.5) is 0 Å². The molecule has 0 saturated heterocycles. The summed E-state index contributed by atoms with van der Waals surface area (Å²) in [5.74, 6) is -1.66. The minimum Gasteiger partial charge on any atom is -0.465 e. The Balaban J connectivity index is 3.96. The fourth-order valence-electron chi connectivity index (χ4n) is 0.719. The molecular formula is C9H14O5. The van der Waals surface area contributed by atoms with Gasteiger partial charge in [-0.3, -0.25) is 14.4 Å². The Labute approximate surface area is 82.4 Å². The number of ether oxygens (including phenoxy) is 2. The molecule has 0 aliphatic carbocycles. The van der Waals surface area contributed by atoms with Crippen LogP contribution in [-0.2, 0) is 23.9 Å². The zero-order valence-electron chi connectivity index (χ0n) is 8.53. The second kappa shape index (κ2) is 6.12. The lowest BCUT2D eigenvalue weighted by molar-refractivity contribution is -0.148. The lowest BCUT2D eigenvalue weighted by Gasteiger charge is -2.12. The van der Waals surface area contributed by atoms with Gasteiger partial charge in [0, 0.05) is 13.8 Å². The average Bonchev–Trinajstić information content (AvgIpc) is 2.02. The first kappa shape index (κ1) is 12.6. The maximum atomic E-state index is 11.0. The van der Waals surface area contributed by atoms with E-state index in [2.05, 4.69) is 9.47 Å². The van der Waals surface area contributed by atoms with Gasteiger partial charge < -0.3 is 9.47 Å². The highest BCUT2D eigenvalue weighted by atomic mass is 16.5. The summed E-state index contributed by atoms with van der Waals surface area (Å²) in [4.78, 5) is 31.9. The van der Waals surface area contributed by atoms with Crippen molar-refractivity contribution in [2.75, 3.05) is 13.2 Å². The lowest BCUT2D eigenvalue weighted by atomic mass is 10.1. The van der Waals surface area contributed by atoms with E-state index in [0.29, 0.717) is 0 Å². The van der Waals surface area contributed by atoms with Crippen LogP contribution in [0.5, 0.6) is 0 Å². The third-order valence-corrected chi connectivity index (χ3v) is 1.55. The van der Waals surface area contributed by atoms with Crippen LogP contribution in [0.15, 0.2) is 0 Å². The van der Waals surface area contributed by atoms with E-state index in [-0.39, 0.29) is 19.0 Å². The number of ketones is 1. The Hall–Kier alpha value is -1.39. The summed E-state index contributed by atoms with van der Waals surface area (Å²) in [5.41, 5.74) is 0. The molecule has 0 aromatic carbocycles. The fourth-order valence-corrected chi connectivity index (χ4v) is 0.719. The summed E-state index contributed by atoms with van der Waals surface area (Å²) >= 11 is 0. The van der Waals surface area contributed by atoms with Crippen molar-refractivity contribution < 1.29 is 23.9 Å². The van der Waals surface area contributed by atoms with Gasteiger partial charge in [-0.1, -0.05) is 0 Å². The zero-order valence-corrected chi connectivity index (χ0v) is 8.53. The number of rotatable bonds is 5. The highest BCUT2D eigenvalue weighted by molar-refractivity contribution is 5.79. The molecule has 0 rings (SSSR count). The van der Waals surface area contributed by atoms with Crippen LogP contribution in [0.1, 0.15) is 20.8 Å². The number of esters is 2. The molecule has 0 spiro atoms. The molecule has 0 radical (unpaired) electrons. The third-order valence-electron chi connectivity index (χ3n) is 1.55. The quantitative estimate of drug-likeness (QED) is 0.600. The van der Waals surface area contributed by atoms with Crippen molar-refractivity contribution >= 4 is 17.7 Å². The second-order valence-corrected chi connectivity index (χ2v) is 2.91. The van der Waals surface area contributed by atoms with E-state index in [1.165, 1.54) is 20.8 Å². The molecule has 0 aromatic rings. The fraction of sp³-hybridized carbons (Fsp3) is 0.667. The van der Waals surface area contributed by atoms with Crippen molar-refractivity contribution in [1.29, 1.82) is 0 Å². The second-order valence-electron chi connectivity index (χ2n) is 2.91. The first-order chi connectivity index (χ1) is 6.43. The zero-order chi connectivity index (χ0) is 11.1. The monoisotopic (exact) mass is 202 g/mol. The SMILES string of the molecule is CC(=O)OCC(COC(C)=O)C(C)=O. The molecule has 14 heavy (non-hydrogen) atoms. The standard InChI is InChI=1S/C9H14O5/c1-6(10)9(4-13-7(2)11)5-14-8(3)12/h9H,4-5H2,1-3H3. The van der Waals surface area contributed by atoms with E-state index in [4.69, 9.17) is 0 Å². The maximum absolute atomic E-state index is 11.0. The van der Waals surface area contributed by atoms with Crippen molar-refractivity contribution in [3.8, 4) is 0 Å².